The van der Waals surface area contributed by atoms with E-state index in [4.69, 9.17) is 9.47 Å². The smallest absolute Gasteiger partial charge is 0.0721 e. The molecule has 0 atom stereocenters. The maximum Gasteiger partial charge on any atom is 0.0721 e. The molecule has 0 amide bonds. The predicted molar refractivity (Wildman–Crippen MR) is 79.2 cm³/mol. The summed E-state index contributed by atoms with van der Waals surface area (Å²) in [6.07, 6.45) is 1.06. The molecule has 0 aliphatic heterocycles. The maximum absolute atomic E-state index is 5.66. The maximum atomic E-state index is 5.66. The molecule has 0 unspecified atom stereocenters. The van der Waals surface area contributed by atoms with E-state index in [0.717, 1.165) is 19.6 Å². The molecule has 1 N–H and O–H groups in total. The minimum absolute atomic E-state index is 0.497. The molecule has 0 saturated carbocycles. The average Bonchev–Trinajstić information content (AvgIpc) is 2.41. The van der Waals surface area contributed by atoms with Gasteiger partial charge >= 0.3 is 0 Å². The van der Waals surface area contributed by atoms with Gasteiger partial charge in [-0.25, -0.2) is 0 Å². The van der Waals surface area contributed by atoms with Gasteiger partial charge < -0.3 is 14.8 Å². The van der Waals surface area contributed by atoms with Gasteiger partial charge in [0.2, 0.25) is 0 Å². The SMILES string of the molecule is CCCOCCOCc1ccccc1CNC(C)C. The van der Waals surface area contributed by atoms with E-state index in [-0.39, 0.29) is 0 Å². The molecule has 0 aliphatic rings. The molecule has 0 spiro atoms. The Bertz CT molecular complexity index is 339. The Hall–Kier alpha value is -0.900. The zero-order valence-electron chi connectivity index (χ0n) is 12.4. The van der Waals surface area contributed by atoms with Crippen LogP contribution in [-0.4, -0.2) is 25.9 Å². The first-order chi connectivity index (χ1) is 9.24. The van der Waals surface area contributed by atoms with Gasteiger partial charge in [0, 0.05) is 19.2 Å². The molecule has 19 heavy (non-hydrogen) atoms. The lowest BCUT2D eigenvalue weighted by Crippen LogP contribution is -2.22. The normalized spacial score (nSPS) is 11.2. The van der Waals surface area contributed by atoms with E-state index in [1.54, 1.807) is 0 Å². The van der Waals surface area contributed by atoms with E-state index in [0.29, 0.717) is 25.9 Å². The Morgan fingerprint density at radius 3 is 2.37 bits per heavy atom. The van der Waals surface area contributed by atoms with Gasteiger partial charge in [0.05, 0.1) is 19.8 Å². The first-order valence-corrected chi connectivity index (χ1v) is 7.19. The van der Waals surface area contributed by atoms with Crippen LogP contribution in [0.2, 0.25) is 0 Å². The van der Waals surface area contributed by atoms with Gasteiger partial charge in [0.25, 0.3) is 0 Å². The Labute approximate surface area is 117 Å². The van der Waals surface area contributed by atoms with Gasteiger partial charge in [0.1, 0.15) is 0 Å². The Balaban J connectivity index is 2.31. The van der Waals surface area contributed by atoms with Gasteiger partial charge in [-0.15, -0.1) is 0 Å². The first-order valence-electron chi connectivity index (χ1n) is 7.19. The van der Waals surface area contributed by atoms with Crippen molar-refractivity contribution in [3.05, 3.63) is 35.4 Å². The molecule has 108 valence electrons. The number of hydrogen-bond donors (Lipinski definition) is 1. The molecule has 0 saturated heterocycles. The number of hydrogen-bond acceptors (Lipinski definition) is 3. The number of ether oxygens (including phenoxy) is 2. The van der Waals surface area contributed by atoms with Crippen LogP contribution in [0.5, 0.6) is 0 Å². The standard InChI is InChI=1S/C16H27NO2/c1-4-9-18-10-11-19-13-16-8-6-5-7-15(16)12-17-14(2)3/h5-8,14,17H,4,9-13H2,1-3H3. The molecule has 3 heteroatoms. The molecule has 0 aromatic heterocycles. The van der Waals surface area contributed by atoms with E-state index >= 15 is 0 Å². The summed E-state index contributed by atoms with van der Waals surface area (Å²) >= 11 is 0. The summed E-state index contributed by atoms with van der Waals surface area (Å²) in [4.78, 5) is 0. The second kappa shape index (κ2) is 9.96. The van der Waals surface area contributed by atoms with Crippen molar-refractivity contribution in [2.24, 2.45) is 0 Å². The molecule has 1 aromatic rings. The van der Waals surface area contributed by atoms with E-state index in [9.17, 15) is 0 Å². The van der Waals surface area contributed by atoms with E-state index in [2.05, 4.69) is 50.4 Å². The highest BCUT2D eigenvalue weighted by molar-refractivity contribution is 5.26. The number of benzene rings is 1. The van der Waals surface area contributed by atoms with Crippen LogP contribution >= 0.6 is 0 Å². The third-order valence-electron chi connectivity index (χ3n) is 2.80. The topological polar surface area (TPSA) is 30.5 Å². The molecule has 0 aliphatic carbocycles. The summed E-state index contributed by atoms with van der Waals surface area (Å²) in [5.41, 5.74) is 2.57. The van der Waals surface area contributed by atoms with Crippen molar-refractivity contribution in [2.75, 3.05) is 19.8 Å². The quantitative estimate of drug-likeness (QED) is 0.659. The van der Waals surface area contributed by atoms with Crippen LogP contribution in [0, 0.1) is 0 Å². The molecule has 1 aromatic carbocycles. The third kappa shape index (κ3) is 7.31. The summed E-state index contributed by atoms with van der Waals surface area (Å²) in [5.74, 6) is 0. The fourth-order valence-electron chi connectivity index (χ4n) is 1.73. The third-order valence-corrected chi connectivity index (χ3v) is 2.80. The van der Waals surface area contributed by atoms with Crippen LogP contribution in [0.4, 0.5) is 0 Å². The average molecular weight is 265 g/mol. The van der Waals surface area contributed by atoms with E-state index in [1.165, 1.54) is 11.1 Å². The molecule has 0 heterocycles. The van der Waals surface area contributed by atoms with Crippen LogP contribution < -0.4 is 5.32 Å². The van der Waals surface area contributed by atoms with Crippen molar-refractivity contribution in [1.82, 2.24) is 5.32 Å². The van der Waals surface area contributed by atoms with E-state index < -0.39 is 0 Å². The molecule has 0 radical (unpaired) electrons. The number of nitrogens with one attached hydrogen (secondary N) is 1. The van der Waals surface area contributed by atoms with E-state index in [1.807, 2.05) is 0 Å². The van der Waals surface area contributed by atoms with Crippen molar-refractivity contribution in [3.63, 3.8) is 0 Å². The lowest BCUT2D eigenvalue weighted by molar-refractivity contribution is 0.0406. The fourth-order valence-corrected chi connectivity index (χ4v) is 1.73. The van der Waals surface area contributed by atoms with Crippen LogP contribution in [0.1, 0.15) is 38.3 Å². The lowest BCUT2D eigenvalue weighted by atomic mass is 10.1. The van der Waals surface area contributed by atoms with Crippen molar-refractivity contribution >= 4 is 0 Å². The molecular formula is C16H27NO2. The number of rotatable bonds is 10. The monoisotopic (exact) mass is 265 g/mol. The Morgan fingerprint density at radius 1 is 1.00 bits per heavy atom. The summed E-state index contributed by atoms with van der Waals surface area (Å²) in [6, 6.07) is 8.92. The minimum atomic E-state index is 0.497. The van der Waals surface area contributed by atoms with Crippen LogP contribution in [0.3, 0.4) is 0 Å². The predicted octanol–water partition coefficient (Wildman–Crippen LogP) is 3.13. The van der Waals surface area contributed by atoms with Crippen LogP contribution in [0.25, 0.3) is 0 Å². The van der Waals surface area contributed by atoms with Gasteiger partial charge in [-0.05, 0) is 17.5 Å². The van der Waals surface area contributed by atoms with Crippen molar-refractivity contribution in [2.45, 2.75) is 46.4 Å². The minimum Gasteiger partial charge on any atom is -0.379 e. The van der Waals surface area contributed by atoms with Crippen molar-refractivity contribution in [3.8, 4) is 0 Å². The zero-order chi connectivity index (χ0) is 13.9. The zero-order valence-corrected chi connectivity index (χ0v) is 12.4. The van der Waals surface area contributed by atoms with Crippen LogP contribution in [0.15, 0.2) is 24.3 Å². The lowest BCUT2D eigenvalue weighted by Gasteiger charge is -2.13. The van der Waals surface area contributed by atoms with Crippen molar-refractivity contribution in [1.29, 1.82) is 0 Å². The largest absolute Gasteiger partial charge is 0.379 e. The van der Waals surface area contributed by atoms with Crippen LogP contribution in [-0.2, 0) is 22.6 Å². The highest BCUT2D eigenvalue weighted by atomic mass is 16.5. The molecule has 1 rings (SSSR count). The van der Waals surface area contributed by atoms with Gasteiger partial charge in [-0.2, -0.15) is 0 Å². The molecule has 3 nitrogen and oxygen atoms in total. The summed E-state index contributed by atoms with van der Waals surface area (Å²) in [5, 5.41) is 3.44. The van der Waals surface area contributed by atoms with Crippen molar-refractivity contribution < 1.29 is 9.47 Å². The molecule has 0 fully saturated rings. The molecular weight excluding hydrogens is 238 g/mol. The second-order valence-electron chi connectivity index (χ2n) is 4.97. The summed E-state index contributed by atoms with van der Waals surface area (Å²) < 4.78 is 11.1. The Kier molecular flexibility index (Phi) is 8.47. The second-order valence-corrected chi connectivity index (χ2v) is 4.97. The highest BCUT2D eigenvalue weighted by Crippen LogP contribution is 2.10. The molecule has 0 bridgehead atoms. The van der Waals surface area contributed by atoms with Gasteiger partial charge in [-0.3, -0.25) is 0 Å². The highest BCUT2D eigenvalue weighted by Gasteiger charge is 2.02. The first kappa shape index (κ1) is 16.2. The fraction of sp³-hybridized carbons (Fsp3) is 0.625. The van der Waals surface area contributed by atoms with Gasteiger partial charge in [-0.1, -0.05) is 45.0 Å². The Morgan fingerprint density at radius 2 is 1.68 bits per heavy atom. The van der Waals surface area contributed by atoms with Gasteiger partial charge in [0.15, 0.2) is 0 Å². The summed E-state index contributed by atoms with van der Waals surface area (Å²) in [6.45, 7) is 10.1. The summed E-state index contributed by atoms with van der Waals surface area (Å²) in [7, 11) is 0.